The second kappa shape index (κ2) is 12.4. The highest BCUT2D eigenvalue weighted by Gasteiger charge is 2.35. The Morgan fingerprint density at radius 2 is 1.82 bits per heavy atom. The normalized spacial score (nSPS) is 17.9. The molecule has 2 aliphatic rings. The van der Waals surface area contributed by atoms with E-state index in [2.05, 4.69) is 29.6 Å². The molecule has 4 aromatic heterocycles. The molecule has 2 saturated heterocycles. The van der Waals surface area contributed by atoms with Crippen molar-refractivity contribution in [3.05, 3.63) is 82.7 Å². The van der Waals surface area contributed by atoms with Crippen LogP contribution in [0.4, 0.5) is 13.2 Å². The number of nitrogens with zero attached hydrogens (tertiary/aromatic N) is 7. The SMILES string of the molecule is FC(F)(F)c1nnc(-c2cnc3c(c2)nc(CN2CCC(Oc4cccc(Cc5ccc(Cl)cc5)n4)CC2)n3CC2CCO2)[nH]1. The number of piperidine rings is 1. The topological polar surface area (TPSA) is 107 Å². The van der Waals surface area contributed by atoms with Crippen LogP contribution >= 0.6 is 11.6 Å². The predicted octanol–water partition coefficient (Wildman–Crippen LogP) is 5.71. The first-order chi connectivity index (χ1) is 21.8. The first-order valence-corrected chi connectivity index (χ1v) is 15.2. The van der Waals surface area contributed by atoms with Crippen molar-refractivity contribution in [2.24, 2.45) is 0 Å². The fourth-order valence-electron chi connectivity index (χ4n) is 5.64. The minimum atomic E-state index is -4.61. The van der Waals surface area contributed by atoms with E-state index >= 15 is 0 Å². The molecule has 7 rings (SSSR count). The number of halogens is 4. The number of ether oxygens (including phenoxy) is 2. The Hall–Kier alpha value is -4.07. The van der Waals surface area contributed by atoms with E-state index in [0.717, 1.165) is 56.0 Å². The average molecular weight is 639 g/mol. The zero-order chi connectivity index (χ0) is 31.0. The molecule has 0 spiro atoms. The van der Waals surface area contributed by atoms with Crippen molar-refractivity contribution >= 4 is 22.8 Å². The molecular formula is C31H30ClF3N8O2. The standard InChI is InChI=1S/C31H30ClF3N8O2/c32-21-6-4-19(5-7-21)14-22-2-1-3-27(37-22)45-23-8-11-42(12-9-23)18-26-38-25-15-20(28-39-30(41-40-28)31(33,34)35)16-36-29(25)43(26)17-24-10-13-44-24/h1-7,15-16,23-24H,8-14,17-18H2,(H,39,40,41). The summed E-state index contributed by atoms with van der Waals surface area (Å²) in [5.74, 6) is 0.287. The summed E-state index contributed by atoms with van der Waals surface area (Å²) < 4.78 is 53.2. The molecule has 1 aromatic carbocycles. The quantitative estimate of drug-likeness (QED) is 0.219. The Morgan fingerprint density at radius 3 is 2.53 bits per heavy atom. The Balaban J connectivity index is 1.02. The number of benzene rings is 1. The van der Waals surface area contributed by atoms with E-state index in [1.54, 1.807) is 6.07 Å². The van der Waals surface area contributed by atoms with Crippen LogP contribution in [-0.2, 0) is 30.4 Å². The van der Waals surface area contributed by atoms with Gasteiger partial charge in [-0.3, -0.25) is 4.90 Å². The Labute approximate surface area is 261 Å². The summed E-state index contributed by atoms with van der Waals surface area (Å²) in [5, 5.41) is 7.61. The number of pyridine rings is 2. The number of likely N-dealkylation sites (tertiary alicyclic amines) is 1. The van der Waals surface area contributed by atoms with Gasteiger partial charge >= 0.3 is 6.18 Å². The van der Waals surface area contributed by atoms with Gasteiger partial charge in [0.15, 0.2) is 11.5 Å². The van der Waals surface area contributed by atoms with Crippen molar-refractivity contribution in [3.8, 4) is 17.3 Å². The van der Waals surface area contributed by atoms with Crippen LogP contribution in [0.15, 0.2) is 54.7 Å². The third-order valence-corrected chi connectivity index (χ3v) is 8.39. The number of hydrogen-bond acceptors (Lipinski definition) is 8. The third-order valence-electron chi connectivity index (χ3n) is 8.14. The van der Waals surface area contributed by atoms with Gasteiger partial charge in [0.25, 0.3) is 0 Å². The van der Waals surface area contributed by atoms with Gasteiger partial charge in [0.2, 0.25) is 11.7 Å². The fourth-order valence-corrected chi connectivity index (χ4v) is 5.77. The molecule has 0 amide bonds. The number of hydrogen-bond donors (Lipinski definition) is 1. The maximum absolute atomic E-state index is 13.0. The number of aromatic amines is 1. The third kappa shape index (κ3) is 6.80. The molecule has 6 heterocycles. The summed E-state index contributed by atoms with van der Waals surface area (Å²) in [6, 6.07) is 15.3. The molecule has 2 fully saturated rings. The van der Waals surface area contributed by atoms with Gasteiger partial charge in [-0.25, -0.2) is 15.0 Å². The van der Waals surface area contributed by atoms with Crippen LogP contribution < -0.4 is 4.74 Å². The van der Waals surface area contributed by atoms with E-state index in [1.165, 1.54) is 6.20 Å². The Bertz CT molecular complexity index is 1780. The van der Waals surface area contributed by atoms with Crippen LogP contribution in [0.25, 0.3) is 22.6 Å². The molecule has 0 radical (unpaired) electrons. The number of alkyl halides is 3. The molecule has 0 saturated carbocycles. The molecule has 1 N–H and O–H groups in total. The lowest BCUT2D eigenvalue weighted by atomic mass is 10.1. The summed E-state index contributed by atoms with van der Waals surface area (Å²) in [6.07, 6.45) is 0.332. The van der Waals surface area contributed by atoms with E-state index in [-0.39, 0.29) is 18.0 Å². The zero-order valence-corrected chi connectivity index (χ0v) is 24.9. The molecule has 0 bridgehead atoms. The van der Waals surface area contributed by atoms with Crippen molar-refractivity contribution in [2.75, 3.05) is 19.7 Å². The number of imidazole rings is 1. The highest BCUT2D eigenvalue weighted by Crippen LogP contribution is 2.29. The largest absolute Gasteiger partial charge is 0.474 e. The first kappa shape index (κ1) is 29.6. The van der Waals surface area contributed by atoms with Crippen LogP contribution in [0.3, 0.4) is 0 Å². The maximum Gasteiger partial charge on any atom is 0.451 e. The minimum absolute atomic E-state index is 0.0118. The van der Waals surface area contributed by atoms with Crippen molar-refractivity contribution in [1.29, 1.82) is 0 Å². The molecule has 45 heavy (non-hydrogen) atoms. The van der Waals surface area contributed by atoms with Crippen LogP contribution in [0.1, 0.15) is 42.2 Å². The zero-order valence-electron chi connectivity index (χ0n) is 24.2. The molecule has 2 aliphatic heterocycles. The monoisotopic (exact) mass is 638 g/mol. The van der Waals surface area contributed by atoms with Gasteiger partial charge in [-0.1, -0.05) is 29.8 Å². The smallest absolute Gasteiger partial charge is 0.451 e. The second-order valence-corrected chi connectivity index (χ2v) is 11.8. The number of nitrogens with one attached hydrogen (secondary N) is 1. The number of aromatic nitrogens is 7. The van der Waals surface area contributed by atoms with Gasteiger partial charge in [0.05, 0.1) is 19.2 Å². The van der Waals surface area contributed by atoms with E-state index < -0.39 is 12.0 Å². The number of fused-ring (bicyclic) bond motifs is 1. The van der Waals surface area contributed by atoms with Gasteiger partial charge in [-0.2, -0.15) is 13.2 Å². The summed E-state index contributed by atoms with van der Waals surface area (Å²) in [5.41, 5.74) is 3.68. The van der Waals surface area contributed by atoms with Crippen LogP contribution in [0.2, 0.25) is 5.02 Å². The van der Waals surface area contributed by atoms with Crippen molar-refractivity contribution in [2.45, 2.75) is 57.2 Å². The molecule has 0 aliphatic carbocycles. The lowest BCUT2D eigenvalue weighted by molar-refractivity contribution is -0.144. The minimum Gasteiger partial charge on any atom is -0.474 e. The van der Waals surface area contributed by atoms with Crippen molar-refractivity contribution in [1.82, 2.24) is 39.6 Å². The predicted molar refractivity (Wildman–Crippen MR) is 160 cm³/mol. The van der Waals surface area contributed by atoms with E-state index in [1.807, 2.05) is 42.5 Å². The van der Waals surface area contributed by atoms with Crippen LogP contribution in [0, 0.1) is 0 Å². The Kier molecular flexibility index (Phi) is 8.15. The molecule has 1 unspecified atom stereocenters. The van der Waals surface area contributed by atoms with E-state index in [9.17, 15) is 13.2 Å². The van der Waals surface area contributed by atoms with Gasteiger partial charge < -0.3 is 19.0 Å². The van der Waals surface area contributed by atoms with E-state index in [4.69, 9.17) is 31.0 Å². The van der Waals surface area contributed by atoms with Crippen molar-refractivity contribution < 1.29 is 22.6 Å². The molecule has 14 heteroatoms. The summed E-state index contributed by atoms with van der Waals surface area (Å²) in [4.78, 5) is 18.7. The molecule has 10 nitrogen and oxygen atoms in total. The molecular weight excluding hydrogens is 609 g/mol. The lowest BCUT2D eigenvalue weighted by Crippen LogP contribution is -2.39. The lowest BCUT2D eigenvalue weighted by Gasteiger charge is -2.32. The summed E-state index contributed by atoms with van der Waals surface area (Å²) in [7, 11) is 0. The highest BCUT2D eigenvalue weighted by molar-refractivity contribution is 6.30. The van der Waals surface area contributed by atoms with Gasteiger partial charge in [0, 0.05) is 54.7 Å². The number of H-pyrrole nitrogens is 1. The van der Waals surface area contributed by atoms with Crippen LogP contribution in [-0.4, -0.2) is 71.5 Å². The van der Waals surface area contributed by atoms with Gasteiger partial charge in [0.1, 0.15) is 17.4 Å². The van der Waals surface area contributed by atoms with Gasteiger partial charge in [-0.15, -0.1) is 10.2 Å². The molecule has 234 valence electrons. The fraction of sp³-hybridized carbons (Fsp3) is 0.387. The van der Waals surface area contributed by atoms with Crippen molar-refractivity contribution in [3.63, 3.8) is 0 Å². The molecule has 5 aromatic rings. The summed E-state index contributed by atoms with van der Waals surface area (Å²) >= 11 is 6.01. The number of rotatable bonds is 9. The maximum atomic E-state index is 13.0. The van der Waals surface area contributed by atoms with Gasteiger partial charge in [-0.05, 0) is 49.1 Å². The average Bonchev–Trinajstić information content (AvgIpc) is 3.63. The van der Waals surface area contributed by atoms with Crippen LogP contribution in [0.5, 0.6) is 5.88 Å². The highest BCUT2D eigenvalue weighted by atomic mass is 35.5. The van der Waals surface area contributed by atoms with E-state index in [0.29, 0.717) is 47.1 Å². The first-order valence-electron chi connectivity index (χ1n) is 14.8. The molecule has 1 atom stereocenters. The summed E-state index contributed by atoms with van der Waals surface area (Å²) in [6.45, 7) is 3.56. The second-order valence-electron chi connectivity index (χ2n) is 11.4. The Morgan fingerprint density at radius 1 is 1.02 bits per heavy atom.